The molecule has 2 fully saturated rings. The third-order valence-corrected chi connectivity index (χ3v) is 6.91. The van der Waals surface area contributed by atoms with Crippen LogP contribution in [0.4, 0.5) is 0 Å². The van der Waals surface area contributed by atoms with Crippen molar-refractivity contribution in [2.75, 3.05) is 13.2 Å². The molecule has 33 heavy (non-hydrogen) atoms. The molecule has 0 radical (unpaired) electrons. The fourth-order valence-electron chi connectivity index (χ4n) is 3.78. The van der Waals surface area contributed by atoms with Gasteiger partial charge in [-0.2, -0.15) is 4.98 Å². The fraction of sp³-hybridized carbons (Fsp3) is 0.250. The van der Waals surface area contributed by atoms with E-state index in [1.54, 1.807) is 29.3 Å². The number of aromatic nitrogens is 2. The zero-order chi connectivity index (χ0) is 22.9. The third kappa shape index (κ3) is 4.44. The Morgan fingerprint density at radius 2 is 2.06 bits per heavy atom. The van der Waals surface area contributed by atoms with Crippen molar-refractivity contribution in [3.05, 3.63) is 75.0 Å². The molecule has 2 aliphatic rings. The molecule has 1 amide bonds. The van der Waals surface area contributed by atoms with Crippen LogP contribution in [0.5, 0.6) is 11.6 Å². The van der Waals surface area contributed by atoms with E-state index in [1.807, 2.05) is 31.2 Å². The molecule has 0 spiro atoms. The monoisotopic (exact) mass is 479 g/mol. The van der Waals surface area contributed by atoms with E-state index in [0.717, 1.165) is 18.4 Å². The van der Waals surface area contributed by atoms with Crippen molar-refractivity contribution in [1.82, 2.24) is 14.3 Å². The Labute approximate surface area is 200 Å². The van der Waals surface area contributed by atoms with Crippen LogP contribution in [-0.4, -0.2) is 43.8 Å². The zero-order valence-electron chi connectivity index (χ0n) is 17.9. The lowest BCUT2D eigenvalue weighted by atomic mass is 10.2. The SMILES string of the molecule is Cc1ccc(Oc2nc3ccccn3c(=O)c2/C=C2\SC(=S)N(CC3CCCO3)C2=O)cc1. The summed E-state index contributed by atoms with van der Waals surface area (Å²) < 4.78 is 13.6. The van der Waals surface area contributed by atoms with Crippen LogP contribution in [-0.2, 0) is 9.53 Å². The molecule has 1 unspecified atom stereocenters. The molecule has 2 aliphatic heterocycles. The highest BCUT2D eigenvalue weighted by molar-refractivity contribution is 8.26. The smallest absolute Gasteiger partial charge is 0.269 e. The van der Waals surface area contributed by atoms with Gasteiger partial charge in [-0.15, -0.1) is 0 Å². The molecule has 4 heterocycles. The van der Waals surface area contributed by atoms with Crippen LogP contribution in [0.2, 0.25) is 0 Å². The van der Waals surface area contributed by atoms with Crippen LogP contribution in [0.25, 0.3) is 11.7 Å². The van der Waals surface area contributed by atoms with Gasteiger partial charge in [-0.05, 0) is 50.1 Å². The van der Waals surface area contributed by atoms with E-state index in [1.165, 1.54) is 22.2 Å². The van der Waals surface area contributed by atoms with E-state index in [2.05, 4.69) is 4.98 Å². The van der Waals surface area contributed by atoms with Crippen LogP contribution in [0.15, 0.2) is 58.4 Å². The molecular formula is C24H21N3O4S2. The predicted molar refractivity (Wildman–Crippen MR) is 132 cm³/mol. The van der Waals surface area contributed by atoms with Gasteiger partial charge in [0, 0.05) is 12.8 Å². The van der Waals surface area contributed by atoms with Gasteiger partial charge in [0.05, 0.1) is 17.6 Å². The molecule has 9 heteroatoms. The Morgan fingerprint density at radius 3 is 2.82 bits per heavy atom. The number of thioether (sulfide) groups is 1. The average Bonchev–Trinajstić information content (AvgIpc) is 3.42. The van der Waals surface area contributed by atoms with Crippen molar-refractivity contribution < 1.29 is 14.3 Å². The topological polar surface area (TPSA) is 73.1 Å². The Hall–Kier alpha value is -3.01. The van der Waals surface area contributed by atoms with Gasteiger partial charge in [-0.1, -0.05) is 47.7 Å². The van der Waals surface area contributed by atoms with Crippen molar-refractivity contribution in [3.63, 3.8) is 0 Å². The molecule has 0 aliphatic carbocycles. The molecule has 1 atom stereocenters. The number of nitrogens with zero attached hydrogens (tertiary/aromatic N) is 3. The summed E-state index contributed by atoms with van der Waals surface area (Å²) >= 11 is 6.62. The van der Waals surface area contributed by atoms with E-state index >= 15 is 0 Å². The van der Waals surface area contributed by atoms with Crippen molar-refractivity contribution in [3.8, 4) is 11.6 Å². The Morgan fingerprint density at radius 1 is 1.24 bits per heavy atom. The first-order valence-electron chi connectivity index (χ1n) is 10.6. The van der Waals surface area contributed by atoms with Gasteiger partial charge >= 0.3 is 0 Å². The number of ether oxygens (including phenoxy) is 2. The van der Waals surface area contributed by atoms with E-state index in [-0.39, 0.29) is 29.0 Å². The summed E-state index contributed by atoms with van der Waals surface area (Å²) in [4.78, 5) is 32.9. The number of carbonyl (C=O) groups is 1. The number of fused-ring (bicyclic) bond motifs is 1. The lowest BCUT2D eigenvalue weighted by Crippen LogP contribution is -2.35. The third-order valence-electron chi connectivity index (χ3n) is 5.53. The number of pyridine rings is 1. The van der Waals surface area contributed by atoms with Crippen LogP contribution in [0.3, 0.4) is 0 Å². The van der Waals surface area contributed by atoms with Gasteiger partial charge in [-0.25, -0.2) is 0 Å². The number of aryl methyl sites for hydroxylation is 1. The number of hydrogen-bond donors (Lipinski definition) is 0. The summed E-state index contributed by atoms with van der Waals surface area (Å²) in [6.45, 7) is 3.10. The maximum Gasteiger partial charge on any atom is 0.269 e. The van der Waals surface area contributed by atoms with Crippen molar-refractivity contribution >= 4 is 45.9 Å². The van der Waals surface area contributed by atoms with Gasteiger partial charge in [-0.3, -0.25) is 18.9 Å². The van der Waals surface area contributed by atoms with Crippen molar-refractivity contribution in [2.24, 2.45) is 0 Å². The van der Waals surface area contributed by atoms with Gasteiger partial charge in [0.15, 0.2) is 0 Å². The van der Waals surface area contributed by atoms with Crippen LogP contribution in [0, 0.1) is 6.92 Å². The number of thiocarbonyl (C=S) groups is 1. The Kier molecular flexibility index (Phi) is 6.01. The normalized spacial score (nSPS) is 19.7. The maximum absolute atomic E-state index is 13.3. The molecule has 3 aromatic rings. The summed E-state index contributed by atoms with van der Waals surface area (Å²) in [6.07, 6.45) is 5.04. The average molecular weight is 480 g/mol. The molecule has 2 saturated heterocycles. The number of amides is 1. The zero-order valence-corrected chi connectivity index (χ0v) is 19.5. The van der Waals surface area contributed by atoms with E-state index in [9.17, 15) is 9.59 Å². The second-order valence-electron chi connectivity index (χ2n) is 7.91. The summed E-state index contributed by atoms with van der Waals surface area (Å²) in [7, 11) is 0. The van der Waals surface area contributed by atoms with Gasteiger partial charge in [0.2, 0.25) is 5.88 Å². The van der Waals surface area contributed by atoms with Gasteiger partial charge < -0.3 is 9.47 Å². The standard InChI is InChI=1S/C24H21N3O4S2/c1-15-7-9-16(10-8-15)31-21-18(22(28)26-11-3-2-6-20(26)25-21)13-19-23(29)27(24(32)33-19)14-17-5-4-12-30-17/h2-3,6-11,13,17H,4-5,12,14H2,1H3/b19-13-. The maximum atomic E-state index is 13.3. The summed E-state index contributed by atoms with van der Waals surface area (Å²) in [5.74, 6) is 0.451. The van der Waals surface area contributed by atoms with Gasteiger partial charge in [0.25, 0.3) is 11.5 Å². The molecule has 2 aromatic heterocycles. The Balaban J connectivity index is 1.54. The first-order chi connectivity index (χ1) is 16.0. The van der Waals surface area contributed by atoms with Crippen molar-refractivity contribution in [1.29, 1.82) is 0 Å². The van der Waals surface area contributed by atoms with Crippen LogP contribution in [0.1, 0.15) is 24.0 Å². The Bertz CT molecular complexity index is 1330. The number of benzene rings is 1. The molecule has 0 bridgehead atoms. The highest BCUT2D eigenvalue weighted by atomic mass is 32.2. The molecule has 0 N–H and O–H groups in total. The number of hydrogen-bond acceptors (Lipinski definition) is 7. The number of carbonyl (C=O) groups excluding carboxylic acids is 1. The molecule has 168 valence electrons. The van der Waals surface area contributed by atoms with E-state index < -0.39 is 0 Å². The second-order valence-corrected chi connectivity index (χ2v) is 9.58. The fourth-order valence-corrected chi connectivity index (χ4v) is 5.04. The van der Waals surface area contributed by atoms with Crippen LogP contribution >= 0.6 is 24.0 Å². The molecular weight excluding hydrogens is 458 g/mol. The summed E-state index contributed by atoms with van der Waals surface area (Å²) in [5.41, 5.74) is 1.40. The quantitative estimate of drug-likeness (QED) is 0.402. The lowest BCUT2D eigenvalue weighted by molar-refractivity contribution is -0.123. The van der Waals surface area contributed by atoms with Gasteiger partial charge in [0.1, 0.15) is 21.3 Å². The first kappa shape index (κ1) is 21.8. The second kappa shape index (κ2) is 9.09. The minimum absolute atomic E-state index is 0.0137. The minimum atomic E-state index is -0.327. The first-order valence-corrected chi connectivity index (χ1v) is 11.8. The lowest BCUT2D eigenvalue weighted by Gasteiger charge is -2.18. The summed E-state index contributed by atoms with van der Waals surface area (Å²) in [5, 5.41) is 0. The predicted octanol–water partition coefficient (Wildman–Crippen LogP) is 4.18. The minimum Gasteiger partial charge on any atom is -0.438 e. The number of rotatable bonds is 5. The largest absolute Gasteiger partial charge is 0.438 e. The van der Waals surface area contributed by atoms with E-state index in [0.29, 0.717) is 33.8 Å². The summed E-state index contributed by atoms with van der Waals surface area (Å²) in [6, 6.07) is 12.7. The molecule has 1 aromatic carbocycles. The molecule has 7 nitrogen and oxygen atoms in total. The highest BCUT2D eigenvalue weighted by Crippen LogP contribution is 2.35. The highest BCUT2D eigenvalue weighted by Gasteiger charge is 2.35. The molecule has 0 saturated carbocycles. The van der Waals surface area contributed by atoms with Crippen LogP contribution < -0.4 is 10.3 Å². The molecule has 5 rings (SSSR count). The van der Waals surface area contributed by atoms with E-state index in [4.69, 9.17) is 21.7 Å². The van der Waals surface area contributed by atoms with Crippen molar-refractivity contribution in [2.45, 2.75) is 25.9 Å².